The molecule has 1 fully saturated rings. The first-order chi connectivity index (χ1) is 14.0. The lowest BCUT2D eigenvalue weighted by atomic mass is 9.79. The highest BCUT2D eigenvalue weighted by molar-refractivity contribution is 6.35. The normalized spacial score (nSPS) is 17.6. The predicted octanol–water partition coefficient (Wildman–Crippen LogP) is 5.60. The zero-order valence-electron chi connectivity index (χ0n) is 15.9. The highest BCUT2D eigenvalue weighted by Crippen LogP contribution is 2.42. The van der Waals surface area contributed by atoms with Crippen molar-refractivity contribution in [3.05, 3.63) is 99.5 Å². The third-order valence-corrected chi connectivity index (χ3v) is 6.26. The second-order valence-electron chi connectivity index (χ2n) is 7.52. The maximum absolute atomic E-state index is 12.1. The number of nitrogens with zero attached hydrogens (tertiary/aromatic N) is 1. The van der Waals surface area contributed by atoms with Gasteiger partial charge in [0, 0.05) is 23.2 Å². The molecule has 0 bridgehead atoms. The zero-order chi connectivity index (χ0) is 20.4. The minimum atomic E-state index is -1.17. The van der Waals surface area contributed by atoms with E-state index in [1.807, 2.05) is 60.7 Å². The average molecular weight is 428 g/mol. The van der Waals surface area contributed by atoms with E-state index in [2.05, 4.69) is 4.90 Å². The van der Waals surface area contributed by atoms with Crippen LogP contribution in [0.3, 0.4) is 0 Å². The molecule has 0 saturated carbocycles. The van der Waals surface area contributed by atoms with Crippen molar-refractivity contribution < 1.29 is 10.2 Å². The van der Waals surface area contributed by atoms with Crippen LogP contribution >= 0.6 is 23.2 Å². The largest absolute Gasteiger partial charge is 0.506 e. The fourth-order valence-corrected chi connectivity index (χ4v) is 4.92. The molecule has 3 aromatic carbocycles. The molecule has 3 nitrogen and oxygen atoms in total. The summed E-state index contributed by atoms with van der Waals surface area (Å²) in [6.07, 6.45) is 1.80. The van der Waals surface area contributed by atoms with E-state index < -0.39 is 5.60 Å². The van der Waals surface area contributed by atoms with Gasteiger partial charge in [-0.3, -0.25) is 4.90 Å². The number of aromatic hydroxyl groups is 1. The van der Waals surface area contributed by atoms with Gasteiger partial charge in [-0.15, -0.1) is 0 Å². The van der Waals surface area contributed by atoms with Crippen molar-refractivity contribution in [2.24, 2.45) is 0 Å². The van der Waals surface area contributed by atoms with Crippen LogP contribution in [0.1, 0.15) is 29.5 Å². The van der Waals surface area contributed by atoms with Gasteiger partial charge >= 0.3 is 0 Å². The molecule has 0 amide bonds. The maximum Gasteiger partial charge on any atom is 0.138 e. The second kappa shape index (κ2) is 8.37. The molecule has 4 rings (SSSR count). The van der Waals surface area contributed by atoms with Crippen LogP contribution in [0.2, 0.25) is 10.0 Å². The van der Waals surface area contributed by atoms with Crippen LogP contribution < -0.4 is 0 Å². The topological polar surface area (TPSA) is 43.7 Å². The van der Waals surface area contributed by atoms with Crippen molar-refractivity contribution in [1.82, 2.24) is 4.90 Å². The molecule has 0 spiro atoms. The molecule has 29 heavy (non-hydrogen) atoms. The summed E-state index contributed by atoms with van der Waals surface area (Å²) in [7, 11) is 0. The molecule has 0 unspecified atom stereocenters. The molecule has 0 radical (unpaired) electrons. The Hall–Kier alpha value is -2.04. The molecule has 1 aliphatic heterocycles. The van der Waals surface area contributed by atoms with E-state index in [0.29, 0.717) is 17.1 Å². The van der Waals surface area contributed by atoms with Gasteiger partial charge in [-0.05, 0) is 42.6 Å². The summed E-state index contributed by atoms with van der Waals surface area (Å²) in [4.78, 5) is 2.21. The standard InChI is InChI=1S/C24H23Cl2NO2/c25-20-14-17(23(28)21(26)15-20)16-27-13-7-12-22(27)24(29,18-8-3-1-4-9-18)19-10-5-2-6-11-19/h1-6,8-11,14-15,22,28-29H,7,12-13,16H2/t22-/m0/s1. The first-order valence-corrected chi connectivity index (χ1v) is 10.5. The number of likely N-dealkylation sites (tertiary alicyclic amines) is 1. The Bertz CT molecular complexity index is 939. The van der Waals surface area contributed by atoms with Crippen molar-refractivity contribution in [3.8, 4) is 5.75 Å². The number of phenols is 1. The highest BCUT2D eigenvalue weighted by Gasteiger charge is 2.45. The summed E-state index contributed by atoms with van der Waals surface area (Å²) in [6.45, 7) is 1.27. The Kier molecular flexibility index (Phi) is 5.84. The van der Waals surface area contributed by atoms with E-state index in [-0.39, 0.29) is 16.8 Å². The summed E-state index contributed by atoms with van der Waals surface area (Å²) in [5.41, 5.74) is 1.21. The van der Waals surface area contributed by atoms with Crippen molar-refractivity contribution in [1.29, 1.82) is 0 Å². The van der Waals surface area contributed by atoms with Gasteiger partial charge < -0.3 is 10.2 Å². The molecule has 150 valence electrons. The number of benzene rings is 3. The lowest BCUT2D eigenvalue weighted by Crippen LogP contribution is -2.48. The fourth-order valence-electron chi connectivity index (χ4n) is 4.38. The van der Waals surface area contributed by atoms with Crippen molar-refractivity contribution >= 4 is 23.2 Å². The highest BCUT2D eigenvalue weighted by atomic mass is 35.5. The van der Waals surface area contributed by atoms with Crippen LogP contribution in [-0.2, 0) is 12.1 Å². The molecule has 1 heterocycles. The number of hydrogen-bond donors (Lipinski definition) is 2. The molecular formula is C24H23Cl2NO2. The first kappa shape index (κ1) is 20.2. The lowest BCUT2D eigenvalue weighted by molar-refractivity contribution is -0.00672. The smallest absolute Gasteiger partial charge is 0.138 e. The first-order valence-electron chi connectivity index (χ1n) is 9.74. The van der Waals surface area contributed by atoms with Gasteiger partial charge in [-0.2, -0.15) is 0 Å². The molecule has 1 atom stereocenters. The molecule has 1 saturated heterocycles. The fraction of sp³-hybridized carbons (Fsp3) is 0.250. The monoisotopic (exact) mass is 427 g/mol. The molecular weight excluding hydrogens is 405 g/mol. The Labute approximate surface area is 181 Å². The van der Waals surface area contributed by atoms with Crippen LogP contribution in [0.15, 0.2) is 72.8 Å². The number of aliphatic hydroxyl groups is 1. The molecule has 0 aromatic heterocycles. The summed E-state index contributed by atoms with van der Waals surface area (Å²) in [6, 6.07) is 22.7. The molecule has 3 aromatic rings. The van der Waals surface area contributed by atoms with Crippen LogP contribution in [0.5, 0.6) is 5.75 Å². The number of phenolic OH excluding ortho intramolecular Hbond substituents is 1. The Morgan fingerprint density at radius 2 is 1.52 bits per heavy atom. The number of halogens is 2. The summed E-state index contributed by atoms with van der Waals surface area (Å²) < 4.78 is 0. The van der Waals surface area contributed by atoms with Crippen LogP contribution in [0, 0.1) is 0 Å². The predicted molar refractivity (Wildman–Crippen MR) is 117 cm³/mol. The van der Waals surface area contributed by atoms with E-state index in [1.165, 1.54) is 6.07 Å². The van der Waals surface area contributed by atoms with Gasteiger partial charge in [0.1, 0.15) is 11.4 Å². The molecule has 2 N–H and O–H groups in total. The number of hydrogen-bond acceptors (Lipinski definition) is 3. The third kappa shape index (κ3) is 3.88. The quantitative estimate of drug-likeness (QED) is 0.556. The Morgan fingerprint density at radius 3 is 2.10 bits per heavy atom. The van der Waals surface area contributed by atoms with Crippen molar-refractivity contribution in [2.75, 3.05) is 6.54 Å². The van der Waals surface area contributed by atoms with Crippen molar-refractivity contribution in [3.63, 3.8) is 0 Å². The summed E-state index contributed by atoms with van der Waals surface area (Å²) >= 11 is 12.3. The number of rotatable bonds is 5. The van der Waals surface area contributed by atoms with E-state index in [1.54, 1.807) is 6.07 Å². The Balaban J connectivity index is 1.75. The van der Waals surface area contributed by atoms with Crippen LogP contribution in [0.25, 0.3) is 0 Å². The molecule has 5 heteroatoms. The SMILES string of the molecule is Oc1c(Cl)cc(Cl)cc1CN1CCC[C@H]1C(O)(c1ccccc1)c1ccccc1. The second-order valence-corrected chi connectivity index (χ2v) is 8.37. The molecule has 1 aliphatic rings. The molecule has 0 aliphatic carbocycles. The van der Waals surface area contributed by atoms with Gasteiger partial charge in [-0.25, -0.2) is 0 Å². The summed E-state index contributed by atoms with van der Waals surface area (Å²) in [5, 5.41) is 23.3. The van der Waals surface area contributed by atoms with E-state index >= 15 is 0 Å². The van der Waals surface area contributed by atoms with Gasteiger partial charge in [0.25, 0.3) is 0 Å². The van der Waals surface area contributed by atoms with Crippen molar-refractivity contribution in [2.45, 2.75) is 31.0 Å². The van der Waals surface area contributed by atoms with Gasteiger partial charge in [0.05, 0.1) is 5.02 Å². The maximum atomic E-state index is 12.1. The summed E-state index contributed by atoms with van der Waals surface area (Å²) in [5.74, 6) is 0.0460. The minimum absolute atomic E-state index is 0.0460. The van der Waals surface area contributed by atoms with Gasteiger partial charge in [0.15, 0.2) is 0 Å². The van der Waals surface area contributed by atoms with E-state index in [0.717, 1.165) is 30.5 Å². The lowest BCUT2D eigenvalue weighted by Gasteiger charge is -2.40. The Morgan fingerprint density at radius 1 is 0.931 bits per heavy atom. The van der Waals surface area contributed by atoms with Gasteiger partial charge in [0.2, 0.25) is 0 Å². The average Bonchev–Trinajstić information content (AvgIpc) is 3.21. The van der Waals surface area contributed by atoms with E-state index in [9.17, 15) is 10.2 Å². The third-order valence-electron chi connectivity index (χ3n) is 5.75. The van der Waals surface area contributed by atoms with E-state index in [4.69, 9.17) is 23.2 Å². The van der Waals surface area contributed by atoms with Crippen LogP contribution in [0.4, 0.5) is 0 Å². The minimum Gasteiger partial charge on any atom is -0.506 e. The van der Waals surface area contributed by atoms with Crippen LogP contribution in [-0.4, -0.2) is 27.7 Å². The zero-order valence-corrected chi connectivity index (χ0v) is 17.4. The van der Waals surface area contributed by atoms with Gasteiger partial charge in [-0.1, -0.05) is 83.9 Å².